The fraction of sp³-hybridized carbons (Fsp3) is 0.455. The van der Waals surface area contributed by atoms with Gasteiger partial charge in [-0.3, -0.25) is 14.5 Å². The lowest BCUT2D eigenvalue weighted by Crippen LogP contribution is -2.49. The smallest absolute Gasteiger partial charge is 0.325 e. The zero-order chi connectivity index (χ0) is 22.2. The predicted octanol–water partition coefficient (Wildman–Crippen LogP) is 3.57. The van der Waals surface area contributed by atoms with Crippen molar-refractivity contribution >= 4 is 34.3 Å². The van der Waals surface area contributed by atoms with Gasteiger partial charge in [-0.05, 0) is 62.8 Å². The van der Waals surface area contributed by atoms with Crippen molar-refractivity contribution in [1.82, 2.24) is 15.2 Å². The van der Waals surface area contributed by atoms with Crippen LogP contribution in [-0.4, -0.2) is 46.9 Å². The molecule has 0 atom stereocenters. The topological polar surface area (TPSA) is 101 Å². The molecule has 164 valence electrons. The maximum atomic E-state index is 12.9. The van der Waals surface area contributed by atoms with Crippen LogP contribution in [0.15, 0.2) is 24.3 Å². The molecule has 2 N–H and O–H groups in total. The van der Waals surface area contributed by atoms with Gasteiger partial charge in [0.05, 0.1) is 12.8 Å². The van der Waals surface area contributed by atoms with Crippen molar-refractivity contribution in [3.05, 3.63) is 29.1 Å². The van der Waals surface area contributed by atoms with E-state index in [0.717, 1.165) is 39.6 Å². The van der Waals surface area contributed by atoms with Crippen LogP contribution in [0.1, 0.15) is 37.5 Å². The van der Waals surface area contributed by atoms with E-state index in [4.69, 9.17) is 4.74 Å². The Morgan fingerprint density at radius 1 is 1.29 bits per heavy atom. The van der Waals surface area contributed by atoms with E-state index in [0.29, 0.717) is 23.9 Å². The van der Waals surface area contributed by atoms with Crippen LogP contribution in [0, 0.1) is 12.8 Å². The Morgan fingerprint density at radius 3 is 2.61 bits per heavy atom. The fourth-order valence-corrected chi connectivity index (χ4v) is 5.03. The Labute approximate surface area is 185 Å². The molecule has 1 aliphatic carbocycles. The Hall–Kier alpha value is -2.94. The molecule has 1 saturated heterocycles. The third kappa shape index (κ3) is 4.14. The number of benzene rings is 1. The van der Waals surface area contributed by atoms with Gasteiger partial charge in [0.2, 0.25) is 5.91 Å². The van der Waals surface area contributed by atoms with Gasteiger partial charge in [-0.25, -0.2) is 9.78 Å². The molecule has 2 heterocycles. The van der Waals surface area contributed by atoms with Crippen molar-refractivity contribution in [1.29, 1.82) is 0 Å². The number of thiazole rings is 1. The zero-order valence-electron chi connectivity index (χ0n) is 17.9. The number of aromatic nitrogens is 1. The van der Waals surface area contributed by atoms with Crippen molar-refractivity contribution in [3.63, 3.8) is 0 Å². The standard InChI is InChI=1S/C22H26N4O4S/c1-13-8-10-22(11-9-13)19(28)26(21(29)25-22)12-17(27)23-20-24-18(14(2)31-20)15-4-6-16(30-3)7-5-15/h4-7,13H,8-12H2,1-3H3,(H,25,29)(H,23,24,27). The molecule has 1 saturated carbocycles. The minimum atomic E-state index is -0.844. The second-order valence-corrected chi connectivity index (χ2v) is 9.49. The molecule has 9 heteroatoms. The molecule has 4 rings (SSSR count). The lowest BCUT2D eigenvalue weighted by molar-refractivity contribution is -0.135. The first kappa shape index (κ1) is 21.3. The number of rotatable bonds is 5. The van der Waals surface area contributed by atoms with E-state index in [1.54, 1.807) is 7.11 Å². The predicted molar refractivity (Wildman–Crippen MR) is 118 cm³/mol. The molecule has 1 spiro atoms. The Bertz CT molecular complexity index is 1010. The number of imide groups is 1. The molecule has 2 fully saturated rings. The number of methoxy groups -OCH3 is 1. The number of ether oxygens (including phenoxy) is 1. The van der Waals surface area contributed by atoms with Crippen LogP contribution in [0.5, 0.6) is 5.75 Å². The molecule has 31 heavy (non-hydrogen) atoms. The summed E-state index contributed by atoms with van der Waals surface area (Å²) in [4.78, 5) is 44.4. The van der Waals surface area contributed by atoms with Crippen LogP contribution in [0.25, 0.3) is 11.3 Å². The largest absolute Gasteiger partial charge is 0.497 e. The Balaban J connectivity index is 1.42. The molecule has 2 aromatic rings. The van der Waals surface area contributed by atoms with Gasteiger partial charge in [-0.15, -0.1) is 11.3 Å². The van der Waals surface area contributed by atoms with Gasteiger partial charge in [-0.2, -0.15) is 0 Å². The summed E-state index contributed by atoms with van der Waals surface area (Å²) in [5.74, 6) is 0.554. The molecule has 8 nitrogen and oxygen atoms in total. The fourth-order valence-electron chi connectivity index (χ4n) is 4.18. The van der Waals surface area contributed by atoms with Gasteiger partial charge in [0.15, 0.2) is 5.13 Å². The van der Waals surface area contributed by atoms with Crippen molar-refractivity contribution in [2.45, 2.75) is 45.1 Å². The second kappa shape index (κ2) is 8.30. The molecule has 0 unspecified atom stereocenters. The number of carbonyl (C=O) groups excluding carboxylic acids is 3. The summed E-state index contributed by atoms with van der Waals surface area (Å²) in [7, 11) is 1.61. The number of hydrogen-bond donors (Lipinski definition) is 2. The first-order valence-corrected chi connectivity index (χ1v) is 11.2. The molecule has 1 aromatic carbocycles. The molecule has 2 aliphatic rings. The highest BCUT2D eigenvalue weighted by atomic mass is 32.1. The maximum absolute atomic E-state index is 12.9. The quantitative estimate of drug-likeness (QED) is 0.690. The number of nitrogens with one attached hydrogen (secondary N) is 2. The van der Waals surface area contributed by atoms with E-state index in [1.165, 1.54) is 11.3 Å². The molecule has 1 aliphatic heterocycles. The first-order valence-electron chi connectivity index (χ1n) is 10.4. The van der Waals surface area contributed by atoms with E-state index in [2.05, 4.69) is 22.5 Å². The van der Waals surface area contributed by atoms with E-state index in [9.17, 15) is 14.4 Å². The highest BCUT2D eigenvalue weighted by Gasteiger charge is 2.52. The SMILES string of the molecule is COc1ccc(-c2nc(NC(=O)CN3C(=O)NC4(CCC(C)CC4)C3=O)sc2C)cc1. The van der Waals surface area contributed by atoms with Gasteiger partial charge >= 0.3 is 6.03 Å². The summed E-state index contributed by atoms with van der Waals surface area (Å²) in [6.45, 7) is 3.76. The third-order valence-electron chi connectivity index (χ3n) is 6.08. The van der Waals surface area contributed by atoms with Crippen LogP contribution >= 0.6 is 11.3 Å². The first-order chi connectivity index (χ1) is 14.8. The number of nitrogens with zero attached hydrogens (tertiary/aromatic N) is 2. The van der Waals surface area contributed by atoms with Crippen molar-refractivity contribution in [3.8, 4) is 17.0 Å². The summed E-state index contributed by atoms with van der Waals surface area (Å²) in [5.41, 5.74) is 0.842. The van der Waals surface area contributed by atoms with Crippen LogP contribution in [0.4, 0.5) is 9.93 Å². The van der Waals surface area contributed by atoms with Crippen LogP contribution < -0.4 is 15.4 Å². The van der Waals surface area contributed by atoms with E-state index < -0.39 is 17.5 Å². The van der Waals surface area contributed by atoms with Crippen LogP contribution in [0.2, 0.25) is 0 Å². The zero-order valence-corrected chi connectivity index (χ0v) is 18.7. The second-order valence-electron chi connectivity index (χ2n) is 8.29. The van der Waals surface area contributed by atoms with Crippen molar-refractivity contribution < 1.29 is 19.1 Å². The van der Waals surface area contributed by atoms with E-state index >= 15 is 0 Å². The van der Waals surface area contributed by atoms with Crippen LogP contribution in [0.3, 0.4) is 0 Å². The minimum Gasteiger partial charge on any atom is -0.497 e. The summed E-state index contributed by atoms with van der Waals surface area (Å²) in [5, 5.41) is 6.00. The van der Waals surface area contributed by atoms with Gasteiger partial charge in [-0.1, -0.05) is 6.92 Å². The highest BCUT2D eigenvalue weighted by Crippen LogP contribution is 2.36. The van der Waals surface area contributed by atoms with Gasteiger partial charge < -0.3 is 15.4 Å². The molecular weight excluding hydrogens is 416 g/mol. The average molecular weight is 443 g/mol. The molecule has 0 radical (unpaired) electrons. The third-order valence-corrected chi connectivity index (χ3v) is 6.97. The monoisotopic (exact) mass is 442 g/mol. The maximum Gasteiger partial charge on any atom is 0.325 e. The van der Waals surface area contributed by atoms with Crippen LogP contribution in [-0.2, 0) is 9.59 Å². The Morgan fingerprint density at radius 2 is 1.97 bits per heavy atom. The summed E-state index contributed by atoms with van der Waals surface area (Å²) in [6, 6.07) is 7.02. The number of carbonyl (C=O) groups is 3. The molecule has 1 aromatic heterocycles. The van der Waals surface area contributed by atoms with Crippen molar-refractivity contribution in [2.24, 2.45) is 5.92 Å². The minimum absolute atomic E-state index is 0.297. The summed E-state index contributed by atoms with van der Waals surface area (Å²) in [6.07, 6.45) is 3.01. The van der Waals surface area contributed by atoms with Crippen molar-refractivity contribution in [2.75, 3.05) is 19.0 Å². The van der Waals surface area contributed by atoms with Gasteiger partial charge in [0, 0.05) is 10.4 Å². The van der Waals surface area contributed by atoms with Gasteiger partial charge in [0.1, 0.15) is 17.8 Å². The summed E-state index contributed by atoms with van der Waals surface area (Å²) < 4.78 is 5.18. The lowest BCUT2D eigenvalue weighted by Gasteiger charge is -2.33. The number of aryl methyl sites for hydroxylation is 1. The van der Waals surface area contributed by atoms with E-state index in [-0.39, 0.29) is 12.5 Å². The number of amides is 4. The lowest BCUT2D eigenvalue weighted by atomic mass is 9.77. The average Bonchev–Trinajstić information content (AvgIpc) is 3.22. The normalized spacial score (nSPS) is 23.2. The molecule has 0 bridgehead atoms. The number of urea groups is 1. The number of hydrogen-bond acceptors (Lipinski definition) is 6. The highest BCUT2D eigenvalue weighted by molar-refractivity contribution is 7.16. The van der Waals surface area contributed by atoms with Gasteiger partial charge in [0.25, 0.3) is 5.91 Å². The Kier molecular flexibility index (Phi) is 5.70. The van der Waals surface area contributed by atoms with E-state index in [1.807, 2.05) is 31.2 Å². The molecule has 4 amide bonds. The summed E-state index contributed by atoms with van der Waals surface area (Å²) >= 11 is 1.35. The molecular formula is C22H26N4O4S. The number of anilines is 1.